The number of rotatable bonds is 2. The molecule has 8 heteroatoms. The Labute approximate surface area is 180 Å². The lowest BCUT2D eigenvalue weighted by atomic mass is 9.58. The van der Waals surface area contributed by atoms with Crippen molar-refractivity contribution in [1.82, 2.24) is 15.0 Å². The zero-order chi connectivity index (χ0) is 21.4. The third-order valence-corrected chi connectivity index (χ3v) is 8.03. The van der Waals surface area contributed by atoms with E-state index in [1.165, 1.54) is 12.1 Å². The van der Waals surface area contributed by atoms with E-state index in [2.05, 4.69) is 24.2 Å². The van der Waals surface area contributed by atoms with Crippen LogP contribution in [-0.2, 0) is 19.2 Å². The largest absolute Gasteiger partial charge is 0.324 e. The molecular weight excluding hydrogens is 401 g/mol. The summed E-state index contributed by atoms with van der Waals surface area (Å²) in [6.07, 6.45) is 4.98. The van der Waals surface area contributed by atoms with Gasteiger partial charge in [-0.15, -0.1) is 5.10 Å². The van der Waals surface area contributed by atoms with Gasteiger partial charge in [-0.2, -0.15) is 0 Å². The second-order valence-corrected chi connectivity index (χ2v) is 9.89. The van der Waals surface area contributed by atoms with Crippen molar-refractivity contribution in [2.24, 2.45) is 23.7 Å². The van der Waals surface area contributed by atoms with E-state index in [-0.39, 0.29) is 23.9 Å². The molecule has 0 amide bonds. The Kier molecular flexibility index (Phi) is 4.35. The maximum Gasteiger partial charge on any atom is 0.201 e. The number of benzene rings is 1. The minimum absolute atomic E-state index is 0.128. The third-order valence-electron chi connectivity index (χ3n) is 8.03. The summed E-state index contributed by atoms with van der Waals surface area (Å²) in [5, 5.41) is 8.68. The van der Waals surface area contributed by atoms with Gasteiger partial charge in [-0.1, -0.05) is 19.1 Å². The molecule has 8 atom stereocenters. The number of hydrogen-bond donors (Lipinski definition) is 0. The van der Waals surface area contributed by atoms with Crippen LogP contribution in [0.15, 0.2) is 30.5 Å². The average molecular weight is 429 g/mol. The van der Waals surface area contributed by atoms with Gasteiger partial charge in [0.15, 0.2) is 18.1 Å². The fourth-order valence-electron chi connectivity index (χ4n) is 6.34. The van der Waals surface area contributed by atoms with Gasteiger partial charge in [-0.05, 0) is 62.3 Å². The van der Waals surface area contributed by atoms with Crippen LogP contribution in [0.1, 0.15) is 52.7 Å². The Bertz CT molecular complexity index is 983. The first-order valence-electron chi connectivity index (χ1n) is 11.3. The highest BCUT2D eigenvalue weighted by Crippen LogP contribution is 2.61. The molecule has 1 aromatic heterocycles. The zero-order valence-corrected chi connectivity index (χ0v) is 18.0. The molecule has 31 heavy (non-hydrogen) atoms. The molecule has 1 saturated carbocycles. The Morgan fingerprint density at radius 3 is 2.68 bits per heavy atom. The minimum atomic E-state index is -0.801. The highest BCUT2D eigenvalue weighted by Gasteiger charge is 2.69. The van der Waals surface area contributed by atoms with Crippen LogP contribution >= 0.6 is 0 Å². The molecule has 166 valence electrons. The SMILES string of the molecule is C[C@@H]1[C@@H](n2cc(-c3ccc(F)cc3)nn2)O[C@@H]2O[C@]3(C)CC[C@H]4[C@H](C)CC[C@@H]1[C@@]24OO3. The van der Waals surface area contributed by atoms with Gasteiger partial charge in [0.2, 0.25) is 5.79 Å². The fraction of sp³-hybridized carbons (Fsp3) is 0.652. The number of ether oxygens (including phenoxy) is 2. The van der Waals surface area contributed by atoms with Gasteiger partial charge in [-0.3, -0.25) is 0 Å². The molecule has 1 aromatic carbocycles. The van der Waals surface area contributed by atoms with Gasteiger partial charge < -0.3 is 9.47 Å². The lowest BCUT2D eigenvalue weighted by Gasteiger charge is -2.60. The highest BCUT2D eigenvalue weighted by atomic mass is 19.1. The predicted molar refractivity (Wildman–Crippen MR) is 107 cm³/mol. The first-order chi connectivity index (χ1) is 14.9. The molecule has 1 spiro atoms. The van der Waals surface area contributed by atoms with Crippen LogP contribution in [0.3, 0.4) is 0 Å². The molecule has 4 saturated heterocycles. The number of halogens is 1. The summed E-state index contributed by atoms with van der Waals surface area (Å²) in [7, 11) is 0. The Balaban J connectivity index is 1.36. The first kappa shape index (κ1) is 19.8. The van der Waals surface area contributed by atoms with Crippen molar-refractivity contribution in [2.45, 2.75) is 70.4 Å². The van der Waals surface area contributed by atoms with Gasteiger partial charge in [0.1, 0.15) is 11.5 Å². The molecule has 7 rings (SSSR count). The van der Waals surface area contributed by atoms with Gasteiger partial charge in [0.05, 0.1) is 6.20 Å². The van der Waals surface area contributed by atoms with E-state index in [1.807, 2.05) is 13.1 Å². The van der Waals surface area contributed by atoms with E-state index in [0.29, 0.717) is 17.5 Å². The summed E-state index contributed by atoms with van der Waals surface area (Å²) in [5.74, 6) is 0.125. The molecule has 0 unspecified atom stereocenters. The van der Waals surface area contributed by atoms with E-state index in [9.17, 15) is 4.39 Å². The monoisotopic (exact) mass is 429 g/mol. The van der Waals surface area contributed by atoms with Crippen LogP contribution < -0.4 is 0 Å². The maximum atomic E-state index is 13.3. The summed E-state index contributed by atoms with van der Waals surface area (Å²) < 4.78 is 28.1. The molecule has 5 heterocycles. The van der Waals surface area contributed by atoms with Crippen molar-refractivity contribution in [2.75, 3.05) is 0 Å². The number of fused-ring (bicyclic) bond motifs is 2. The molecule has 2 bridgehead atoms. The van der Waals surface area contributed by atoms with Crippen molar-refractivity contribution < 1.29 is 23.6 Å². The third kappa shape index (κ3) is 2.85. The summed E-state index contributed by atoms with van der Waals surface area (Å²) in [6, 6.07) is 6.26. The maximum absolute atomic E-state index is 13.3. The van der Waals surface area contributed by atoms with E-state index in [4.69, 9.17) is 19.2 Å². The van der Waals surface area contributed by atoms with E-state index in [1.54, 1.807) is 16.8 Å². The summed E-state index contributed by atoms with van der Waals surface area (Å²) in [4.78, 5) is 12.1. The highest BCUT2D eigenvalue weighted by molar-refractivity contribution is 5.57. The number of aromatic nitrogens is 3. The average Bonchev–Trinajstić information content (AvgIpc) is 3.13. The van der Waals surface area contributed by atoms with Crippen LogP contribution in [-0.4, -0.2) is 32.7 Å². The van der Waals surface area contributed by atoms with Crippen molar-refractivity contribution in [3.63, 3.8) is 0 Å². The van der Waals surface area contributed by atoms with Crippen LogP contribution in [0.5, 0.6) is 0 Å². The van der Waals surface area contributed by atoms with E-state index in [0.717, 1.165) is 31.2 Å². The van der Waals surface area contributed by atoms with Gasteiger partial charge in [0, 0.05) is 23.8 Å². The Hall–Kier alpha value is -1.87. The van der Waals surface area contributed by atoms with E-state index >= 15 is 0 Å². The number of nitrogens with zero attached hydrogens (tertiary/aromatic N) is 3. The molecule has 7 nitrogen and oxygen atoms in total. The van der Waals surface area contributed by atoms with Crippen molar-refractivity contribution in [3.05, 3.63) is 36.3 Å². The van der Waals surface area contributed by atoms with E-state index < -0.39 is 17.7 Å². The summed E-state index contributed by atoms with van der Waals surface area (Å²) in [5.41, 5.74) is 0.901. The minimum Gasteiger partial charge on any atom is -0.324 e. The van der Waals surface area contributed by atoms with Crippen molar-refractivity contribution >= 4 is 0 Å². The summed E-state index contributed by atoms with van der Waals surface area (Å²) in [6.45, 7) is 6.42. The Morgan fingerprint density at radius 2 is 1.87 bits per heavy atom. The topological polar surface area (TPSA) is 67.6 Å². The van der Waals surface area contributed by atoms with Crippen molar-refractivity contribution in [1.29, 1.82) is 0 Å². The fourth-order valence-corrected chi connectivity index (χ4v) is 6.34. The normalized spacial score (nSPS) is 44.0. The molecular formula is C23H28FN3O4. The lowest BCUT2D eigenvalue weighted by Crippen LogP contribution is -2.69. The van der Waals surface area contributed by atoms with Gasteiger partial charge >= 0.3 is 0 Å². The first-order valence-corrected chi connectivity index (χ1v) is 11.3. The Morgan fingerprint density at radius 1 is 1.06 bits per heavy atom. The van der Waals surface area contributed by atoms with Crippen LogP contribution in [0.2, 0.25) is 0 Å². The molecule has 5 aliphatic rings. The molecule has 2 aromatic rings. The van der Waals surface area contributed by atoms with Crippen LogP contribution in [0, 0.1) is 29.5 Å². The quantitative estimate of drug-likeness (QED) is 0.657. The van der Waals surface area contributed by atoms with Crippen LogP contribution in [0.25, 0.3) is 11.3 Å². The standard InChI is InChI=1S/C23H28FN3O4/c1-13-4-9-18-14(2)20(27-12-19(25-26-27)15-5-7-16(24)8-6-15)28-21-23(18)17(13)10-11-22(3,29-21)30-31-23/h5-8,12-14,17-18,20-21H,4,9-11H2,1-3H3/t13-,14+,17+,18+,20+,21-,22+,23-/m1/s1. The predicted octanol–water partition coefficient (Wildman–Crippen LogP) is 4.46. The molecule has 4 aliphatic heterocycles. The van der Waals surface area contributed by atoms with Gasteiger partial charge in [0.25, 0.3) is 0 Å². The number of hydrogen-bond acceptors (Lipinski definition) is 6. The molecule has 5 fully saturated rings. The second-order valence-electron chi connectivity index (χ2n) is 9.89. The van der Waals surface area contributed by atoms with Crippen molar-refractivity contribution in [3.8, 4) is 11.3 Å². The lowest BCUT2D eigenvalue weighted by molar-refractivity contribution is -0.574. The smallest absolute Gasteiger partial charge is 0.201 e. The zero-order valence-electron chi connectivity index (χ0n) is 18.0. The molecule has 0 N–H and O–H groups in total. The van der Waals surface area contributed by atoms with Gasteiger partial charge in [-0.25, -0.2) is 18.8 Å². The summed E-state index contributed by atoms with van der Waals surface area (Å²) >= 11 is 0. The molecule has 1 aliphatic carbocycles. The van der Waals surface area contributed by atoms with Crippen LogP contribution in [0.4, 0.5) is 4.39 Å². The second kappa shape index (κ2) is 6.81. The molecule has 0 radical (unpaired) electrons.